The lowest BCUT2D eigenvalue weighted by molar-refractivity contribution is 0.0900. The molecule has 0 radical (unpaired) electrons. The topological polar surface area (TPSA) is 29.1 Å². The molecule has 114 valence electrons. The van der Waals surface area contributed by atoms with Crippen molar-refractivity contribution in [3.8, 4) is 0 Å². The van der Waals surface area contributed by atoms with E-state index in [0.29, 0.717) is 10.6 Å². The van der Waals surface area contributed by atoms with Crippen molar-refractivity contribution in [2.45, 2.75) is 31.7 Å². The van der Waals surface area contributed by atoms with Crippen LogP contribution in [0.2, 0.25) is 5.02 Å². The molecule has 0 saturated heterocycles. The summed E-state index contributed by atoms with van der Waals surface area (Å²) in [7, 11) is 0. The number of hydrogen-bond donors (Lipinski definition) is 1. The first-order chi connectivity index (χ1) is 10.6. The van der Waals surface area contributed by atoms with Crippen LogP contribution in [0.15, 0.2) is 42.5 Å². The van der Waals surface area contributed by atoms with E-state index in [4.69, 9.17) is 11.6 Å². The summed E-state index contributed by atoms with van der Waals surface area (Å²) in [5.41, 5.74) is 1.95. The van der Waals surface area contributed by atoms with Gasteiger partial charge in [0.05, 0.1) is 5.56 Å². The smallest absolute Gasteiger partial charge is 0.254 e. The minimum atomic E-state index is -0.472. The zero-order valence-corrected chi connectivity index (χ0v) is 13.0. The molecule has 3 rings (SSSR count). The van der Waals surface area contributed by atoms with Crippen LogP contribution < -0.4 is 5.32 Å². The maximum Gasteiger partial charge on any atom is 0.254 e. The third-order valence-electron chi connectivity index (χ3n) is 4.34. The lowest BCUT2D eigenvalue weighted by atomic mass is 9.75. The normalized spacial score (nSPS) is 20.3. The Hall–Kier alpha value is -1.87. The van der Waals surface area contributed by atoms with Crippen LogP contribution in [0.3, 0.4) is 0 Å². The van der Waals surface area contributed by atoms with Gasteiger partial charge in [-0.2, -0.15) is 0 Å². The molecule has 1 fully saturated rings. The summed E-state index contributed by atoms with van der Waals surface area (Å²) >= 11 is 5.90. The van der Waals surface area contributed by atoms with Gasteiger partial charge in [-0.15, -0.1) is 0 Å². The van der Waals surface area contributed by atoms with Crippen molar-refractivity contribution in [3.05, 3.63) is 70.0 Å². The fraction of sp³-hybridized carbons (Fsp3) is 0.278. The van der Waals surface area contributed by atoms with Gasteiger partial charge in [0.15, 0.2) is 0 Å². The third-order valence-corrected chi connectivity index (χ3v) is 4.59. The average Bonchev–Trinajstić information content (AvgIpc) is 2.46. The third kappa shape index (κ3) is 2.86. The minimum absolute atomic E-state index is 0.0488. The van der Waals surface area contributed by atoms with Gasteiger partial charge in [0, 0.05) is 17.0 Å². The summed E-state index contributed by atoms with van der Waals surface area (Å²) in [5.74, 6) is -0.535. The minimum Gasteiger partial charge on any atom is -0.349 e. The summed E-state index contributed by atoms with van der Waals surface area (Å²) in [6.45, 7) is 1.75. The van der Waals surface area contributed by atoms with Crippen molar-refractivity contribution in [3.63, 3.8) is 0 Å². The second-order valence-electron chi connectivity index (χ2n) is 5.75. The van der Waals surface area contributed by atoms with Crippen LogP contribution in [0.5, 0.6) is 0 Å². The van der Waals surface area contributed by atoms with Gasteiger partial charge < -0.3 is 5.32 Å². The van der Waals surface area contributed by atoms with E-state index < -0.39 is 5.82 Å². The molecule has 2 atom stereocenters. The van der Waals surface area contributed by atoms with Crippen LogP contribution in [0.25, 0.3) is 0 Å². The monoisotopic (exact) mass is 317 g/mol. The second kappa shape index (κ2) is 6.09. The Morgan fingerprint density at radius 2 is 1.91 bits per heavy atom. The van der Waals surface area contributed by atoms with Crippen molar-refractivity contribution in [2.24, 2.45) is 0 Å². The summed E-state index contributed by atoms with van der Waals surface area (Å²) < 4.78 is 13.9. The van der Waals surface area contributed by atoms with Gasteiger partial charge in [0.1, 0.15) is 5.82 Å². The van der Waals surface area contributed by atoms with E-state index in [-0.39, 0.29) is 23.4 Å². The number of carbonyl (C=O) groups is 1. The fourth-order valence-electron chi connectivity index (χ4n) is 2.94. The van der Waals surface area contributed by atoms with Crippen LogP contribution in [0.4, 0.5) is 4.39 Å². The summed E-state index contributed by atoms with van der Waals surface area (Å²) in [5, 5.41) is 3.67. The van der Waals surface area contributed by atoms with Crippen molar-refractivity contribution in [1.29, 1.82) is 0 Å². The number of rotatable bonds is 3. The van der Waals surface area contributed by atoms with Gasteiger partial charge >= 0.3 is 0 Å². The number of aryl methyl sites for hydroxylation is 1. The molecule has 1 N–H and O–H groups in total. The van der Waals surface area contributed by atoms with E-state index in [0.717, 1.165) is 18.4 Å². The number of amides is 1. The van der Waals surface area contributed by atoms with Gasteiger partial charge in [-0.3, -0.25) is 4.79 Å². The van der Waals surface area contributed by atoms with Gasteiger partial charge in [0.2, 0.25) is 0 Å². The van der Waals surface area contributed by atoms with Crippen molar-refractivity contribution >= 4 is 17.5 Å². The lowest BCUT2D eigenvalue weighted by Crippen LogP contribution is -2.45. The predicted molar refractivity (Wildman–Crippen MR) is 85.8 cm³/mol. The first-order valence-electron chi connectivity index (χ1n) is 7.37. The highest BCUT2D eigenvalue weighted by atomic mass is 35.5. The SMILES string of the molecule is Cc1cccc(F)c1C(=O)N[C@H]1CC[C@H]1c1ccc(Cl)cc1. The van der Waals surface area contributed by atoms with Crippen LogP contribution in [0.1, 0.15) is 40.2 Å². The maximum atomic E-state index is 13.9. The van der Waals surface area contributed by atoms with Crippen molar-refractivity contribution in [2.75, 3.05) is 0 Å². The van der Waals surface area contributed by atoms with Gasteiger partial charge in [0.25, 0.3) is 5.91 Å². The molecule has 1 saturated carbocycles. The highest BCUT2D eigenvalue weighted by Gasteiger charge is 2.34. The Balaban J connectivity index is 1.73. The summed E-state index contributed by atoms with van der Waals surface area (Å²) in [6, 6.07) is 12.4. The molecule has 2 aromatic rings. The average molecular weight is 318 g/mol. The molecule has 22 heavy (non-hydrogen) atoms. The fourth-order valence-corrected chi connectivity index (χ4v) is 3.07. The Kier molecular flexibility index (Phi) is 4.16. The largest absolute Gasteiger partial charge is 0.349 e. The van der Waals surface area contributed by atoms with Crippen molar-refractivity contribution in [1.82, 2.24) is 5.32 Å². The van der Waals surface area contributed by atoms with Gasteiger partial charge in [-0.1, -0.05) is 35.9 Å². The molecule has 1 aliphatic rings. The highest BCUT2D eigenvalue weighted by Crippen LogP contribution is 2.37. The number of hydrogen-bond acceptors (Lipinski definition) is 1. The molecule has 0 spiro atoms. The van der Waals surface area contributed by atoms with E-state index in [1.807, 2.05) is 24.3 Å². The first kappa shape index (κ1) is 15.0. The Labute approximate surface area is 134 Å². The Morgan fingerprint density at radius 3 is 2.50 bits per heavy atom. The van der Waals surface area contributed by atoms with E-state index >= 15 is 0 Å². The predicted octanol–water partition coefficient (Wildman–Crippen LogP) is 4.46. The zero-order valence-electron chi connectivity index (χ0n) is 12.3. The Bertz CT molecular complexity index is 678. The van der Waals surface area contributed by atoms with E-state index in [1.165, 1.54) is 6.07 Å². The summed E-state index contributed by atoms with van der Waals surface area (Å²) in [4.78, 5) is 12.3. The number of carbonyl (C=O) groups excluding carboxylic acids is 1. The molecule has 4 heteroatoms. The van der Waals surface area contributed by atoms with E-state index in [2.05, 4.69) is 5.32 Å². The molecular weight excluding hydrogens is 301 g/mol. The Morgan fingerprint density at radius 1 is 1.18 bits per heavy atom. The van der Waals surface area contributed by atoms with Crippen LogP contribution >= 0.6 is 11.6 Å². The van der Waals surface area contributed by atoms with E-state index in [1.54, 1.807) is 19.1 Å². The van der Waals surface area contributed by atoms with Gasteiger partial charge in [-0.25, -0.2) is 4.39 Å². The van der Waals surface area contributed by atoms with Gasteiger partial charge in [-0.05, 0) is 49.1 Å². The molecule has 0 unspecified atom stereocenters. The molecule has 2 aromatic carbocycles. The molecule has 0 heterocycles. The molecule has 1 amide bonds. The molecular formula is C18H17ClFNO. The zero-order chi connectivity index (χ0) is 15.7. The highest BCUT2D eigenvalue weighted by molar-refractivity contribution is 6.30. The maximum absolute atomic E-state index is 13.9. The molecule has 1 aliphatic carbocycles. The second-order valence-corrected chi connectivity index (χ2v) is 6.18. The number of halogens is 2. The molecule has 0 bridgehead atoms. The lowest BCUT2D eigenvalue weighted by Gasteiger charge is -2.37. The number of benzene rings is 2. The molecule has 0 aromatic heterocycles. The quantitative estimate of drug-likeness (QED) is 0.889. The number of nitrogens with one attached hydrogen (secondary N) is 1. The standard InChI is InChI=1S/C18H17ClFNO/c1-11-3-2-4-15(20)17(11)18(22)21-16-10-9-14(16)12-5-7-13(19)8-6-12/h2-8,14,16H,9-10H2,1H3,(H,21,22)/t14-,16-/m0/s1. The molecule has 0 aliphatic heterocycles. The van der Waals surface area contributed by atoms with Crippen molar-refractivity contribution < 1.29 is 9.18 Å². The first-order valence-corrected chi connectivity index (χ1v) is 7.75. The summed E-state index contributed by atoms with van der Waals surface area (Å²) in [6.07, 6.45) is 1.93. The van der Waals surface area contributed by atoms with Crippen LogP contribution in [-0.2, 0) is 0 Å². The van der Waals surface area contributed by atoms with Crippen LogP contribution in [0, 0.1) is 12.7 Å². The van der Waals surface area contributed by atoms with Crippen LogP contribution in [-0.4, -0.2) is 11.9 Å². The van der Waals surface area contributed by atoms with E-state index in [9.17, 15) is 9.18 Å². The molecule has 2 nitrogen and oxygen atoms in total.